The summed E-state index contributed by atoms with van der Waals surface area (Å²) in [4.78, 5) is 0. The summed E-state index contributed by atoms with van der Waals surface area (Å²) in [6.07, 6.45) is -0.774. The quantitative estimate of drug-likeness (QED) is 0.686. The van der Waals surface area contributed by atoms with Crippen molar-refractivity contribution in [2.75, 3.05) is 13.2 Å². The fraction of sp³-hybridized carbons (Fsp3) is 0.400. The zero-order valence-electron chi connectivity index (χ0n) is 9.39. The van der Waals surface area contributed by atoms with E-state index in [1.165, 1.54) is 0 Å². The van der Waals surface area contributed by atoms with Crippen LogP contribution in [0, 0.1) is 0 Å². The summed E-state index contributed by atoms with van der Waals surface area (Å²) in [5.41, 5.74) is 1.06. The predicted octanol–water partition coefficient (Wildman–Crippen LogP) is -0.205. The molecule has 0 aliphatic rings. The number of ether oxygens (including phenoxy) is 1. The van der Waals surface area contributed by atoms with Gasteiger partial charge in [0, 0.05) is 59.1 Å². The van der Waals surface area contributed by atoms with Crippen molar-refractivity contribution in [1.29, 1.82) is 0 Å². The fourth-order valence-corrected chi connectivity index (χ4v) is 0.940. The molecule has 15 heavy (non-hydrogen) atoms. The zero-order chi connectivity index (χ0) is 9.52. The first kappa shape index (κ1) is 18.5. The van der Waals surface area contributed by atoms with Crippen molar-refractivity contribution in [3.63, 3.8) is 0 Å². The molecule has 0 fully saturated rings. The van der Waals surface area contributed by atoms with Crippen molar-refractivity contribution >= 4 is 59.1 Å². The van der Waals surface area contributed by atoms with Crippen molar-refractivity contribution < 1.29 is 14.9 Å². The molecule has 0 bridgehead atoms. The van der Waals surface area contributed by atoms with Gasteiger partial charge in [0.2, 0.25) is 0 Å². The van der Waals surface area contributed by atoms with Crippen molar-refractivity contribution in [2.45, 2.75) is 12.7 Å². The van der Waals surface area contributed by atoms with Crippen LogP contribution in [-0.2, 0) is 11.3 Å². The van der Waals surface area contributed by atoms with Crippen LogP contribution in [0.2, 0.25) is 0 Å². The van der Waals surface area contributed by atoms with Gasteiger partial charge in [-0.15, -0.1) is 0 Å². The van der Waals surface area contributed by atoms with E-state index in [1.54, 1.807) is 0 Å². The third-order valence-electron chi connectivity index (χ3n) is 1.63. The van der Waals surface area contributed by atoms with Gasteiger partial charge < -0.3 is 14.9 Å². The number of aliphatic hydroxyl groups is 2. The molecule has 0 aliphatic heterocycles. The summed E-state index contributed by atoms with van der Waals surface area (Å²) in [5, 5.41) is 17.5. The molecule has 0 amide bonds. The third kappa shape index (κ3) is 8.86. The number of aliphatic hydroxyl groups excluding tert-OH is 2. The average molecular weight is 228 g/mol. The van der Waals surface area contributed by atoms with E-state index in [-0.39, 0.29) is 72.3 Å². The van der Waals surface area contributed by atoms with Gasteiger partial charge >= 0.3 is 0 Å². The van der Waals surface area contributed by atoms with E-state index in [4.69, 9.17) is 14.9 Å². The van der Waals surface area contributed by atoms with Crippen molar-refractivity contribution in [3.05, 3.63) is 35.9 Å². The Hall–Kier alpha value is 1.10. The van der Waals surface area contributed by atoms with Crippen LogP contribution >= 0.6 is 0 Å². The molecule has 1 unspecified atom stereocenters. The molecular weight excluding hydrogens is 214 g/mol. The van der Waals surface area contributed by atoms with Gasteiger partial charge in [0.05, 0.1) is 19.8 Å². The second-order valence-electron chi connectivity index (χ2n) is 2.84. The smallest absolute Gasteiger partial charge is 0.100 e. The molecule has 0 spiro atoms. The van der Waals surface area contributed by atoms with Gasteiger partial charge in [-0.2, -0.15) is 0 Å². The van der Waals surface area contributed by atoms with E-state index in [9.17, 15) is 0 Å². The Bertz CT molecular complexity index is 231. The van der Waals surface area contributed by atoms with Gasteiger partial charge in [0.15, 0.2) is 0 Å². The van der Waals surface area contributed by atoms with Crippen LogP contribution in [0.1, 0.15) is 5.56 Å². The second kappa shape index (κ2) is 11.6. The average Bonchev–Trinajstić information content (AvgIpc) is 2.19. The van der Waals surface area contributed by atoms with Gasteiger partial charge in [-0.05, 0) is 5.56 Å². The Morgan fingerprint density at radius 1 is 1.13 bits per heavy atom. The third-order valence-corrected chi connectivity index (χ3v) is 1.63. The monoisotopic (exact) mass is 228 g/mol. The standard InChI is InChI=1S/C10H14O3.2Na/c11-6-10(12)8-13-7-9-4-2-1-3-5-9;;/h1-5,10-12H,6-8H2;;. The van der Waals surface area contributed by atoms with Gasteiger partial charge in [0.1, 0.15) is 6.10 Å². The summed E-state index contributed by atoms with van der Waals surface area (Å²) < 4.78 is 5.16. The molecule has 0 saturated carbocycles. The predicted molar refractivity (Wildman–Crippen MR) is 60.7 cm³/mol. The van der Waals surface area contributed by atoms with Crippen LogP contribution in [0.3, 0.4) is 0 Å². The van der Waals surface area contributed by atoms with Crippen LogP contribution < -0.4 is 0 Å². The first-order valence-electron chi connectivity index (χ1n) is 4.23. The van der Waals surface area contributed by atoms with E-state index in [0.717, 1.165) is 5.56 Å². The van der Waals surface area contributed by atoms with Gasteiger partial charge in [-0.25, -0.2) is 0 Å². The van der Waals surface area contributed by atoms with E-state index < -0.39 is 6.10 Å². The number of benzene rings is 1. The number of rotatable bonds is 5. The number of hydrogen-bond acceptors (Lipinski definition) is 3. The molecule has 3 nitrogen and oxygen atoms in total. The summed E-state index contributed by atoms with van der Waals surface area (Å²) in [6, 6.07) is 9.70. The number of hydrogen-bond donors (Lipinski definition) is 2. The van der Waals surface area contributed by atoms with E-state index in [1.807, 2.05) is 30.3 Å². The topological polar surface area (TPSA) is 49.7 Å². The first-order chi connectivity index (χ1) is 6.33. The van der Waals surface area contributed by atoms with Crippen molar-refractivity contribution in [3.8, 4) is 0 Å². The molecule has 0 heterocycles. The minimum Gasteiger partial charge on any atom is -0.394 e. The summed E-state index contributed by atoms with van der Waals surface area (Å²) >= 11 is 0. The molecule has 74 valence electrons. The van der Waals surface area contributed by atoms with Crippen LogP contribution in [0.15, 0.2) is 30.3 Å². The molecule has 1 aromatic rings. The minimum atomic E-state index is -0.774. The SMILES string of the molecule is OCC(O)COCc1ccccc1.[Na].[Na]. The Kier molecular flexibility index (Phi) is 14.3. The zero-order valence-corrected chi connectivity index (χ0v) is 13.4. The fourth-order valence-electron chi connectivity index (χ4n) is 0.940. The Balaban J connectivity index is 0. The van der Waals surface area contributed by atoms with Crippen molar-refractivity contribution in [1.82, 2.24) is 0 Å². The van der Waals surface area contributed by atoms with E-state index >= 15 is 0 Å². The maximum Gasteiger partial charge on any atom is 0.100 e. The summed E-state index contributed by atoms with van der Waals surface area (Å²) in [5.74, 6) is 0. The van der Waals surface area contributed by atoms with Gasteiger partial charge in [-0.3, -0.25) is 0 Å². The maximum absolute atomic E-state index is 8.96. The molecule has 0 aliphatic carbocycles. The van der Waals surface area contributed by atoms with E-state index in [0.29, 0.717) is 6.61 Å². The molecule has 1 rings (SSSR count). The molecule has 2 radical (unpaired) electrons. The van der Waals surface area contributed by atoms with Crippen molar-refractivity contribution in [2.24, 2.45) is 0 Å². The molecule has 1 aromatic carbocycles. The van der Waals surface area contributed by atoms with Crippen LogP contribution in [-0.4, -0.2) is 88.6 Å². The Labute approximate surface area is 134 Å². The molecule has 5 heteroatoms. The van der Waals surface area contributed by atoms with Gasteiger partial charge in [0.25, 0.3) is 0 Å². The second-order valence-corrected chi connectivity index (χ2v) is 2.84. The molecule has 1 atom stereocenters. The normalized spacial score (nSPS) is 11.1. The Morgan fingerprint density at radius 3 is 2.27 bits per heavy atom. The molecular formula is C10H14Na2O3. The van der Waals surface area contributed by atoms with Gasteiger partial charge in [-0.1, -0.05) is 30.3 Å². The van der Waals surface area contributed by atoms with E-state index in [2.05, 4.69) is 0 Å². The van der Waals surface area contributed by atoms with Crippen LogP contribution in [0.25, 0.3) is 0 Å². The largest absolute Gasteiger partial charge is 0.394 e. The molecule has 0 aromatic heterocycles. The Morgan fingerprint density at radius 2 is 1.73 bits per heavy atom. The maximum atomic E-state index is 8.96. The molecule has 0 saturated heterocycles. The van der Waals surface area contributed by atoms with Crippen LogP contribution in [0.5, 0.6) is 0 Å². The first-order valence-corrected chi connectivity index (χ1v) is 4.23. The summed E-state index contributed by atoms with van der Waals surface area (Å²) in [7, 11) is 0. The minimum absolute atomic E-state index is 0. The molecule has 2 N–H and O–H groups in total. The van der Waals surface area contributed by atoms with Crippen LogP contribution in [0.4, 0.5) is 0 Å². The summed E-state index contributed by atoms with van der Waals surface area (Å²) in [6.45, 7) is 0.387.